The summed E-state index contributed by atoms with van der Waals surface area (Å²) in [7, 11) is -3.28. The molecule has 15 heavy (non-hydrogen) atoms. The lowest BCUT2D eigenvalue weighted by Crippen LogP contribution is -2.34. The van der Waals surface area contributed by atoms with Crippen molar-refractivity contribution in [1.29, 1.82) is 0 Å². The fraction of sp³-hybridized carbons (Fsp3) is 1.00. The van der Waals surface area contributed by atoms with Gasteiger partial charge in [-0.05, 0) is 15.5 Å². The Balaban J connectivity index is 4.69. The number of halogens is 2. The number of hydrogen-bond donors (Lipinski definition) is 1. The molecule has 0 aromatic heterocycles. The van der Waals surface area contributed by atoms with E-state index >= 15 is 0 Å². The minimum atomic E-state index is -3.28. The van der Waals surface area contributed by atoms with Gasteiger partial charge >= 0.3 is 7.59 Å². The molecular formula is C8H20Cl2N3OP. The van der Waals surface area contributed by atoms with Crippen LogP contribution in [0, 0.1) is 11.8 Å². The number of nitrogens with zero attached hydrogens (tertiary/aromatic N) is 2. The SMILES string of the molecule is CC(C)CN(CC(C)C)P(N)(=O)N(Cl)Cl. The Labute approximate surface area is 102 Å². The second-order valence-electron chi connectivity index (χ2n) is 4.46. The third kappa shape index (κ3) is 5.53. The molecular weight excluding hydrogens is 256 g/mol. The van der Waals surface area contributed by atoms with Crippen molar-refractivity contribution in [3.63, 3.8) is 0 Å². The third-order valence-electron chi connectivity index (χ3n) is 1.77. The molecule has 0 radical (unpaired) electrons. The molecule has 2 N–H and O–H groups in total. The Bertz CT molecular complexity index is 226. The first kappa shape index (κ1) is 15.7. The summed E-state index contributed by atoms with van der Waals surface area (Å²) >= 11 is 11.0. The molecule has 0 amide bonds. The zero-order valence-corrected chi connectivity index (χ0v) is 12.1. The molecule has 0 heterocycles. The van der Waals surface area contributed by atoms with Crippen LogP contribution in [-0.4, -0.2) is 21.5 Å². The van der Waals surface area contributed by atoms with Gasteiger partial charge in [-0.2, -0.15) is 0 Å². The molecule has 0 saturated carbocycles. The van der Waals surface area contributed by atoms with Crippen LogP contribution in [0.25, 0.3) is 0 Å². The van der Waals surface area contributed by atoms with E-state index < -0.39 is 7.59 Å². The highest BCUT2D eigenvalue weighted by Gasteiger charge is 2.32. The van der Waals surface area contributed by atoms with Crippen molar-refractivity contribution in [3.05, 3.63) is 0 Å². The van der Waals surface area contributed by atoms with Gasteiger partial charge in [0.1, 0.15) is 0 Å². The summed E-state index contributed by atoms with van der Waals surface area (Å²) in [5.74, 6) is 0.711. The van der Waals surface area contributed by atoms with Crippen LogP contribution in [-0.2, 0) is 4.57 Å². The molecule has 0 rings (SSSR count). The summed E-state index contributed by atoms with van der Waals surface area (Å²) in [6.45, 7) is 9.34. The van der Waals surface area contributed by atoms with Gasteiger partial charge in [-0.15, -0.1) is 0 Å². The highest BCUT2D eigenvalue weighted by Crippen LogP contribution is 2.49. The van der Waals surface area contributed by atoms with Crippen molar-refractivity contribution in [1.82, 2.24) is 8.38 Å². The molecule has 0 aromatic carbocycles. The van der Waals surface area contributed by atoms with Gasteiger partial charge in [0.15, 0.2) is 0 Å². The summed E-state index contributed by atoms with van der Waals surface area (Å²) in [6.07, 6.45) is 0. The molecule has 0 saturated heterocycles. The maximum atomic E-state index is 12.1. The van der Waals surface area contributed by atoms with Gasteiger partial charge in [-0.3, -0.25) is 10.1 Å². The van der Waals surface area contributed by atoms with E-state index in [-0.39, 0.29) is 0 Å². The molecule has 0 aromatic rings. The first-order chi connectivity index (χ1) is 6.67. The van der Waals surface area contributed by atoms with Crippen LogP contribution in [0.4, 0.5) is 0 Å². The molecule has 0 aliphatic carbocycles. The van der Waals surface area contributed by atoms with Gasteiger partial charge in [0.2, 0.25) is 0 Å². The quantitative estimate of drug-likeness (QED) is 0.597. The normalized spacial score (nSPS) is 16.7. The van der Waals surface area contributed by atoms with Crippen LogP contribution in [0.5, 0.6) is 0 Å². The lowest BCUT2D eigenvalue weighted by Gasteiger charge is -2.31. The summed E-state index contributed by atoms with van der Waals surface area (Å²) in [5, 5.41) is 0. The van der Waals surface area contributed by atoms with Gasteiger partial charge in [-0.1, -0.05) is 27.7 Å². The Hall–Kier alpha value is 0.690. The van der Waals surface area contributed by atoms with Crippen LogP contribution in [0.1, 0.15) is 27.7 Å². The van der Waals surface area contributed by atoms with Crippen LogP contribution in [0.15, 0.2) is 0 Å². The maximum absolute atomic E-state index is 12.1. The average Bonchev–Trinajstić information content (AvgIpc) is 2.00. The molecule has 0 aliphatic rings. The molecule has 7 heteroatoms. The predicted octanol–water partition coefficient (Wildman–Crippen LogP) is 3.28. The lowest BCUT2D eigenvalue weighted by atomic mass is 10.2. The maximum Gasteiger partial charge on any atom is 0.309 e. The Morgan fingerprint density at radius 3 is 1.67 bits per heavy atom. The van der Waals surface area contributed by atoms with Gasteiger partial charge < -0.3 is 0 Å². The minimum Gasteiger partial charge on any atom is -0.268 e. The van der Waals surface area contributed by atoms with Crippen molar-refractivity contribution < 1.29 is 4.57 Å². The summed E-state index contributed by atoms with van der Waals surface area (Å²) < 4.78 is 14.3. The molecule has 0 aliphatic heterocycles. The zero-order valence-electron chi connectivity index (χ0n) is 9.65. The number of nitrogens with two attached hydrogens (primary N) is 1. The molecule has 0 fully saturated rings. The molecule has 1 unspecified atom stereocenters. The van der Waals surface area contributed by atoms with E-state index in [1.807, 2.05) is 27.7 Å². The second kappa shape index (κ2) is 6.43. The van der Waals surface area contributed by atoms with E-state index in [1.54, 1.807) is 4.67 Å². The van der Waals surface area contributed by atoms with Crippen molar-refractivity contribution in [2.45, 2.75) is 27.7 Å². The molecule has 0 bridgehead atoms. The minimum absolute atomic E-state index is 0.355. The van der Waals surface area contributed by atoms with Crippen LogP contribution in [0.2, 0.25) is 0 Å². The van der Waals surface area contributed by atoms with Crippen molar-refractivity contribution in [2.75, 3.05) is 13.1 Å². The molecule has 4 nitrogen and oxygen atoms in total. The standard InChI is InChI=1S/C8H20Cl2N3OP/c1-7(2)5-12(6-8(3)4)15(11,14)13(9)10/h7-8H,5-6H2,1-4H3,(H2,11,14). The van der Waals surface area contributed by atoms with Crippen LogP contribution >= 0.6 is 31.1 Å². The highest BCUT2D eigenvalue weighted by molar-refractivity contribution is 7.59. The zero-order chi connectivity index (χ0) is 12.2. The van der Waals surface area contributed by atoms with E-state index in [2.05, 4.69) is 0 Å². The average molecular weight is 276 g/mol. The van der Waals surface area contributed by atoms with Crippen LogP contribution in [0.3, 0.4) is 0 Å². The van der Waals surface area contributed by atoms with Crippen molar-refractivity contribution in [3.8, 4) is 0 Å². The number of hydrogen-bond acceptors (Lipinski definition) is 1. The van der Waals surface area contributed by atoms with Crippen molar-refractivity contribution >= 4 is 31.1 Å². The Morgan fingerprint density at radius 1 is 1.13 bits per heavy atom. The first-order valence-corrected chi connectivity index (χ1v) is 7.29. The molecule has 1 atom stereocenters. The predicted molar refractivity (Wildman–Crippen MR) is 66.6 cm³/mol. The van der Waals surface area contributed by atoms with Gasteiger partial charge in [0.05, 0.1) is 0 Å². The Kier molecular flexibility index (Phi) is 6.73. The summed E-state index contributed by atoms with van der Waals surface area (Å²) in [6, 6.07) is 0. The van der Waals surface area contributed by atoms with Gasteiger partial charge in [0.25, 0.3) is 0 Å². The summed E-state index contributed by atoms with van der Waals surface area (Å²) in [5.41, 5.74) is 5.64. The second-order valence-corrected chi connectivity index (χ2v) is 7.93. The fourth-order valence-corrected chi connectivity index (χ4v) is 3.13. The summed E-state index contributed by atoms with van der Waals surface area (Å²) in [4.78, 5) is 0. The van der Waals surface area contributed by atoms with E-state index in [1.165, 1.54) is 0 Å². The Morgan fingerprint density at radius 2 is 1.47 bits per heavy atom. The molecule has 92 valence electrons. The topological polar surface area (TPSA) is 49.6 Å². The van der Waals surface area contributed by atoms with E-state index in [9.17, 15) is 4.57 Å². The third-order valence-corrected chi connectivity index (χ3v) is 4.64. The van der Waals surface area contributed by atoms with E-state index in [0.717, 1.165) is 0 Å². The highest BCUT2D eigenvalue weighted by atomic mass is 35.5. The molecule has 0 spiro atoms. The monoisotopic (exact) mass is 275 g/mol. The number of rotatable bonds is 6. The smallest absolute Gasteiger partial charge is 0.268 e. The van der Waals surface area contributed by atoms with E-state index in [4.69, 9.17) is 29.1 Å². The first-order valence-electron chi connectivity index (χ1n) is 4.94. The largest absolute Gasteiger partial charge is 0.309 e. The lowest BCUT2D eigenvalue weighted by molar-refractivity contribution is 0.324. The van der Waals surface area contributed by atoms with Crippen molar-refractivity contribution in [2.24, 2.45) is 17.3 Å². The fourth-order valence-electron chi connectivity index (χ4n) is 1.25. The van der Waals surface area contributed by atoms with Crippen LogP contribution < -0.4 is 5.50 Å². The van der Waals surface area contributed by atoms with Gasteiger partial charge in [-0.25, -0.2) is 4.67 Å². The van der Waals surface area contributed by atoms with E-state index in [0.29, 0.717) is 28.6 Å². The van der Waals surface area contributed by atoms with Gasteiger partial charge in [0, 0.05) is 36.6 Å².